The molecule has 2 aromatic carbocycles. The van der Waals surface area contributed by atoms with Gasteiger partial charge in [-0.15, -0.1) is 0 Å². The molecule has 7 heteroatoms. The molecule has 0 radical (unpaired) electrons. The van der Waals surface area contributed by atoms with Crippen LogP contribution in [0.4, 0.5) is 10.5 Å². The van der Waals surface area contributed by atoms with Crippen molar-refractivity contribution in [2.24, 2.45) is 0 Å². The largest absolute Gasteiger partial charge is 0.497 e. The highest BCUT2D eigenvalue weighted by Crippen LogP contribution is 2.32. The number of hydrogen-bond acceptors (Lipinski definition) is 5. The SMILES string of the molecule is COc1ccc(C=C2SC(=O)N(CC(=O)Nc3ccc(C)cc3)C2=O)cc1. The van der Waals surface area contributed by atoms with Gasteiger partial charge < -0.3 is 10.1 Å². The lowest BCUT2D eigenvalue weighted by atomic mass is 10.2. The minimum absolute atomic E-state index is 0.285. The minimum atomic E-state index is -0.472. The predicted molar refractivity (Wildman–Crippen MR) is 105 cm³/mol. The maximum Gasteiger partial charge on any atom is 0.294 e. The molecule has 1 heterocycles. The Morgan fingerprint density at radius 1 is 1.11 bits per heavy atom. The lowest BCUT2D eigenvalue weighted by molar-refractivity contribution is -0.127. The molecule has 1 aliphatic rings. The molecule has 0 spiro atoms. The molecule has 138 valence electrons. The van der Waals surface area contributed by atoms with Gasteiger partial charge in [0.25, 0.3) is 11.1 Å². The Morgan fingerprint density at radius 3 is 2.41 bits per heavy atom. The van der Waals surface area contributed by atoms with E-state index >= 15 is 0 Å². The molecule has 2 aromatic rings. The standard InChI is InChI=1S/C20H18N2O4S/c1-13-3-7-15(8-4-13)21-18(23)12-22-19(24)17(27-20(22)25)11-14-5-9-16(26-2)10-6-14/h3-11H,12H2,1-2H3,(H,21,23). The molecule has 3 rings (SSSR count). The van der Waals surface area contributed by atoms with Crippen LogP contribution in [0, 0.1) is 6.92 Å². The van der Waals surface area contributed by atoms with Gasteiger partial charge in [0.15, 0.2) is 0 Å². The van der Waals surface area contributed by atoms with E-state index in [4.69, 9.17) is 4.74 Å². The van der Waals surface area contributed by atoms with Gasteiger partial charge in [-0.25, -0.2) is 0 Å². The Balaban J connectivity index is 1.67. The molecule has 1 N–H and O–H groups in total. The first kappa shape index (κ1) is 18.7. The highest BCUT2D eigenvalue weighted by molar-refractivity contribution is 8.18. The fraction of sp³-hybridized carbons (Fsp3) is 0.150. The van der Waals surface area contributed by atoms with Crippen molar-refractivity contribution in [3.05, 3.63) is 64.6 Å². The fourth-order valence-corrected chi connectivity index (χ4v) is 3.31. The second kappa shape index (κ2) is 8.09. The lowest BCUT2D eigenvalue weighted by Crippen LogP contribution is -2.36. The van der Waals surface area contributed by atoms with Crippen LogP contribution in [-0.2, 0) is 9.59 Å². The molecule has 0 aromatic heterocycles. The minimum Gasteiger partial charge on any atom is -0.497 e. The van der Waals surface area contributed by atoms with E-state index in [0.29, 0.717) is 11.4 Å². The van der Waals surface area contributed by atoms with Gasteiger partial charge in [0.2, 0.25) is 5.91 Å². The average Bonchev–Trinajstić information content (AvgIpc) is 2.91. The Hall–Kier alpha value is -3.06. The Kier molecular flexibility index (Phi) is 5.61. The van der Waals surface area contributed by atoms with Crippen LogP contribution in [0.5, 0.6) is 5.75 Å². The number of amides is 3. The van der Waals surface area contributed by atoms with E-state index in [0.717, 1.165) is 27.8 Å². The van der Waals surface area contributed by atoms with E-state index in [-0.39, 0.29) is 11.4 Å². The van der Waals surface area contributed by atoms with Gasteiger partial charge in [0, 0.05) is 5.69 Å². The predicted octanol–water partition coefficient (Wildman–Crippen LogP) is 3.68. The van der Waals surface area contributed by atoms with Crippen LogP contribution in [0.25, 0.3) is 6.08 Å². The van der Waals surface area contributed by atoms with E-state index in [9.17, 15) is 14.4 Å². The van der Waals surface area contributed by atoms with Crippen LogP contribution < -0.4 is 10.1 Å². The first-order valence-electron chi connectivity index (χ1n) is 8.22. The van der Waals surface area contributed by atoms with Crippen LogP contribution in [0.15, 0.2) is 53.4 Å². The van der Waals surface area contributed by atoms with Crippen LogP contribution >= 0.6 is 11.8 Å². The Bertz CT molecular complexity index is 905. The summed E-state index contributed by atoms with van der Waals surface area (Å²) in [5.74, 6) is -0.195. The summed E-state index contributed by atoms with van der Waals surface area (Å²) in [4.78, 5) is 38.0. The normalized spacial score (nSPS) is 15.3. The zero-order valence-electron chi connectivity index (χ0n) is 14.9. The maximum atomic E-state index is 12.5. The number of nitrogens with zero attached hydrogens (tertiary/aromatic N) is 1. The lowest BCUT2D eigenvalue weighted by Gasteiger charge is -2.12. The second-order valence-electron chi connectivity index (χ2n) is 5.96. The number of aryl methyl sites for hydroxylation is 1. The summed E-state index contributed by atoms with van der Waals surface area (Å²) in [6.45, 7) is 1.62. The van der Waals surface area contributed by atoms with Crippen LogP contribution in [-0.4, -0.2) is 35.6 Å². The molecule has 27 heavy (non-hydrogen) atoms. The van der Waals surface area contributed by atoms with Crippen molar-refractivity contribution in [1.82, 2.24) is 4.90 Å². The number of ether oxygens (including phenoxy) is 1. The summed E-state index contributed by atoms with van der Waals surface area (Å²) < 4.78 is 5.09. The van der Waals surface area contributed by atoms with Crippen molar-refractivity contribution in [2.75, 3.05) is 19.0 Å². The quantitative estimate of drug-likeness (QED) is 0.799. The van der Waals surface area contributed by atoms with Crippen LogP contribution in [0.1, 0.15) is 11.1 Å². The van der Waals surface area contributed by atoms with Crippen molar-refractivity contribution >= 4 is 40.6 Å². The molecule has 3 amide bonds. The van der Waals surface area contributed by atoms with E-state index in [1.165, 1.54) is 0 Å². The van der Waals surface area contributed by atoms with Crippen molar-refractivity contribution in [3.63, 3.8) is 0 Å². The van der Waals surface area contributed by atoms with E-state index in [1.807, 2.05) is 19.1 Å². The molecular formula is C20H18N2O4S. The van der Waals surface area contributed by atoms with Crippen molar-refractivity contribution < 1.29 is 19.1 Å². The maximum absolute atomic E-state index is 12.5. The molecule has 0 bridgehead atoms. The van der Waals surface area contributed by atoms with Crippen LogP contribution in [0.2, 0.25) is 0 Å². The number of carbonyl (C=O) groups excluding carboxylic acids is 3. The highest BCUT2D eigenvalue weighted by atomic mass is 32.2. The van der Waals surface area contributed by atoms with E-state index in [2.05, 4.69) is 5.32 Å². The Morgan fingerprint density at radius 2 is 1.78 bits per heavy atom. The zero-order chi connectivity index (χ0) is 19.4. The third kappa shape index (κ3) is 4.57. The summed E-state index contributed by atoms with van der Waals surface area (Å²) in [7, 11) is 1.57. The number of nitrogens with one attached hydrogen (secondary N) is 1. The molecule has 1 fully saturated rings. The summed E-state index contributed by atoms with van der Waals surface area (Å²) in [5, 5.41) is 2.23. The number of benzene rings is 2. The third-order valence-electron chi connectivity index (χ3n) is 3.92. The smallest absolute Gasteiger partial charge is 0.294 e. The summed E-state index contributed by atoms with van der Waals surface area (Å²) in [5.41, 5.74) is 2.46. The molecule has 0 saturated carbocycles. The molecular weight excluding hydrogens is 364 g/mol. The van der Waals surface area contributed by atoms with Gasteiger partial charge in [-0.05, 0) is 54.6 Å². The summed E-state index contributed by atoms with van der Waals surface area (Å²) >= 11 is 0.824. The van der Waals surface area contributed by atoms with Gasteiger partial charge in [-0.3, -0.25) is 19.3 Å². The fourth-order valence-electron chi connectivity index (χ4n) is 2.47. The van der Waals surface area contributed by atoms with E-state index < -0.39 is 17.1 Å². The zero-order valence-corrected chi connectivity index (χ0v) is 15.7. The molecule has 6 nitrogen and oxygen atoms in total. The number of anilines is 1. The average molecular weight is 382 g/mol. The number of hydrogen-bond donors (Lipinski definition) is 1. The van der Waals surface area contributed by atoms with Gasteiger partial charge >= 0.3 is 0 Å². The first-order valence-corrected chi connectivity index (χ1v) is 9.04. The molecule has 0 aliphatic carbocycles. The highest BCUT2D eigenvalue weighted by Gasteiger charge is 2.36. The summed E-state index contributed by atoms with van der Waals surface area (Å²) in [6.07, 6.45) is 1.63. The Labute approximate surface area is 161 Å². The number of methoxy groups -OCH3 is 1. The van der Waals surface area contributed by atoms with E-state index in [1.54, 1.807) is 49.6 Å². The number of imide groups is 1. The monoisotopic (exact) mass is 382 g/mol. The molecule has 1 saturated heterocycles. The summed E-state index contributed by atoms with van der Waals surface area (Å²) in [6, 6.07) is 14.4. The van der Waals surface area contributed by atoms with Crippen LogP contribution in [0.3, 0.4) is 0 Å². The van der Waals surface area contributed by atoms with Crippen molar-refractivity contribution in [2.45, 2.75) is 6.92 Å². The van der Waals surface area contributed by atoms with Gasteiger partial charge in [-0.2, -0.15) is 0 Å². The second-order valence-corrected chi connectivity index (χ2v) is 6.95. The molecule has 0 atom stereocenters. The van der Waals surface area contributed by atoms with Crippen molar-refractivity contribution in [3.8, 4) is 5.75 Å². The first-order chi connectivity index (χ1) is 13.0. The number of carbonyl (C=O) groups is 3. The van der Waals surface area contributed by atoms with Gasteiger partial charge in [-0.1, -0.05) is 29.8 Å². The molecule has 1 aliphatic heterocycles. The number of thioether (sulfide) groups is 1. The molecule has 0 unspecified atom stereocenters. The topological polar surface area (TPSA) is 75.7 Å². The number of rotatable bonds is 5. The van der Waals surface area contributed by atoms with Gasteiger partial charge in [0.05, 0.1) is 12.0 Å². The van der Waals surface area contributed by atoms with Gasteiger partial charge in [0.1, 0.15) is 12.3 Å². The van der Waals surface area contributed by atoms with Crippen molar-refractivity contribution in [1.29, 1.82) is 0 Å². The third-order valence-corrected chi connectivity index (χ3v) is 4.83.